The molecule has 0 spiro atoms. The van der Waals surface area contributed by atoms with Gasteiger partial charge >= 0.3 is 12.1 Å². The number of hydrogen-bond donors (Lipinski definition) is 2. The van der Waals surface area contributed by atoms with Gasteiger partial charge in [0.05, 0.1) is 27.4 Å². The van der Waals surface area contributed by atoms with E-state index in [1.165, 1.54) is 16.7 Å². The van der Waals surface area contributed by atoms with Crippen LogP contribution in [0.4, 0.5) is 18.9 Å². The molecule has 0 saturated carbocycles. The SMILES string of the molecule is CCc1ccc(C(=O)O)cc1S(=O)(=O)Nc1cc(C(F)(F)F)ccc1-n1cccc1. The largest absolute Gasteiger partial charge is 0.478 e. The second-order valence-corrected chi connectivity index (χ2v) is 8.06. The molecule has 1 aromatic heterocycles. The number of aromatic nitrogens is 1. The number of benzene rings is 2. The summed E-state index contributed by atoms with van der Waals surface area (Å²) in [5.41, 5.74) is -1.04. The fraction of sp³-hybridized carbons (Fsp3) is 0.150. The van der Waals surface area contributed by atoms with Crippen molar-refractivity contribution in [2.24, 2.45) is 0 Å². The lowest BCUT2D eigenvalue weighted by molar-refractivity contribution is -0.137. The van der Waals surface area contributed by atoms with Gasteiger partial charge in [-0.2, -0.15) is 13.2 Å². The number of carboxylic acids is 1. The highest BCUT2D eigenvalue weighted by molar-refractivity contribution is 7.92. The van der Waals surface area contributed by atoms with E-state index in [-0.39, 0.29) is 28.3 Å². The van der Waals surface area contributed by atoms with E-state index in [9.17, 15) is 31.5 Å². The molecule has 6 nitrogen and oxygen atoms in total. The number of hydrogen-bond acceptors (Lipinski definition) is 3. The minimum atomic E-state index is -4.67. The summed E-state index contributed by atoms with van der Waals surface area (Å²) in [6, 6.07) is 9.65. The average Bonchev–Trinajstić information content (AvgIpc) is 3.20. The molecule has 0 aliphatic heterocycles. The maximum Gasteiger partial charge on any atom is 0.416 e. The first-order valence-electron chi connectivity index (χ1n) is 8.76. The van der Waals surface area contributed by atoms with E-state index in [1.807, 2.05) is 0 Å². The number of aryl methyl sites for hydroxylation is 1. The zero-order valence-electron chi connectivity index (χ0n) is 15.6. The normalized spacial score (nSPS) is 12.0. The lowest BCUT2D eigenvalue weighted by Crippen LogP contribution is -2.18. The van der Waals surface area contributed by atoms with Crippen molar-refractivity contribution in [1.29, 1.82) is 0 Å². The van der Waals surface area contributed by atoms with Gasteiger partial charge in [0, 0.05) is 12.4 Å². The molecule has 2 N–H and O–H groups in total. The Morgan fingerprint density at radius 3 is 2.33 bits per heavy atom. The number of alkyl halides is 3. The van der Waals surface area contributed by atoms with Gasteiger partial charge in [-0.3, -0.25) is 4.72 Å². The highest BCUT2D eigenvalue weighted by Gasteiger charge is 2.32. The maximum atomic E-state index is 13.2. The van der Waals surface area contributed by atoms with Gasteiger partial charge in [-0.05, 0) is 54.4 Å². The second-order valence-electron chi connectivity index (χ2n) is 6.41. The molecule has 0 atom stereocenters. The molecule has 3 aromatic rings. The molecule has 30 heavy (non-hydrogen) atoms. The lowest BCUT2D eigenvalue weighted by Gasteiger charge is -2.17. The van der Waals surface area contributed by atoms with Crippen molar-refractivity contribution >= 4 is 21.7 Å². The molecule has 0 unspecified atom stereocenters. The number of carbonyl (C=O) groups is 1. The van der Waals surface area contributed by atoms with Gasteiger partial charge in [-0.1, -0.05) is 13.0 Å². The predicted octanol–water partition coefficient (Wildman–Crippen LogP) is 4.56. The number of nitrogens with zero attached hydrogens (tertiary/aromatic N) is 1. The molecule has 0 bridgehead atoms. The first-order valence-corrected chi connectivity index (χ1v) is 10.2. The second kappa shape index (κ2) is 7.86. The molecule has 158 valence electrons. The molecule has 1 heterocycles. The van der Waals surface area contributed by atoms with Gasteiger partial charge < -0.3 is 9.67 Å². The monoisotopic (exact) mass is 438 g/mol. The van der Waals surface area contributed by atoms with Crippen LogP contribution in [-0.4, -0.2) is 24.1 Å². The Balaban J connectivity index is 2.15. The summed E-state index contributed by atoms with van der Waals surface area (Å²) in [5.74, 6) is -1.32. The molecule has 0 fully saturated rings. The summed E-state index contributed by atoms with van der Waals surface area (Å²) in [4.78, 5) is 11.0. The Morgan fingerprint density at radius 1 is 1.10 bits per heavy atom. The number of nitrogens with one attached hydrogen (secondary N) is 1. The van der Waals surface area contributed by atoms with Gasteiger partial charge in [-0.15, -0.1) is 0 Å². The zero-order chi connectivity index (χ0) is 22.1. The van der Waals surface area contributed by atoms with Crippen molar-refractivity contribution in [1.82, 2.24) is 4.57 Å². The Bertz CT molecular complexity index is 1190. The molecule has 0 aliphatic rings. The van der Waals surface area contributed by atoms with E-state index < -0.39 is 27.7 Å². The number of sulfonamides is 1. The Hall–Kier alpha value is -3.27. The molecule has 2 aromatic carbocycles. The third kappa shape index (κ3) is 4.33. The first kappa shape index (κ1) is 21.4. The highest BCUT2D eigenvalue weighted by atomic mass is 32.2. The van der Waals surface area contributed by atoms with E-state index >= 15 is 0 Å². The Morgan fingerprint density at radius 2 is 1.77 bits per heavy atom. The number of rotatable bonds is 6. The van der Waals surface area contributed by atoms with Crippen molar-refractivity contribution < 1.29 is 31.5 Å². The highest BCUT2D eigenvalue weighted by Crippen LogP contribution is 2.34. The summed E-state index contributed by atoms with van der Waals surface area (Å²) >= 11 is 0. The molecule has 3 rings (SSSR count). The van der Waals surface area contributed by atoms with Crippen molar-refractivity contribution in [3.05, 3.63) is 77.6 Å². The predicted molar refractivity (Wildman–Crippen MR) is 104 cm³/mol. The van der Waals surface area contributed by atoms with Crippen LogP contribution in [0.5, 0.6) is 0 Å². The maximum absolute atomic E-state index is 13.2. The van der Waals surface area contributed by atoms with Crippen LogP contribution in [0, 0.1) is 0 Å². The van der Waals surface area contributed by atoms with E-state index in [2.05, 4.69) is 4.72 Å². The van der Waals surface area contributed by atoms with Crippen LogP contribution in [0.15, 0.2) is 65.8 Å². The van der Waals surface area contributed by atoms with E-state index in [4.69, 9.17) is 0 Å². The Kier molecular flexibility index (Phi) is 5.62. The molecular weight excluding hydrogens is 421 g/mol. The number of halogens is 3. The van der Waals surface area contributed by atoms with Crippen molar-refractivity contribution in [2.45, 2.75) is 24.4 Å². The molecule has 0 amide bonds. The summed E-state index contributed by atoms with van der Waals surface area (Å²) in [6.07, 6.45) is -1.28. The molecular formula is C20H17F3N2O4S. The van der Waals surface area contributed by atoms with Gasteiger partial charge in [0.25, 0.3) is 10.0 Å². The quantitative estimate of drug-likeness (QED) is 0.591. The fourth-order valence-electron chi connectivity index (χ4n) is 2.94. The van der Waals surface area contributed by atoms with Crippen LogP contribution < -0.4 is 4.72 Å². The number of anilines is 1. The van der Waals surface area contributed by atoms with E-state index in [0.717, 1.165) is 18.2 Å². The lowest BCUT2D eigenvalue weighted by atomic mass is 10.1. The van der Waals surface area contributed by atoms with Crippen molar-refractivity contribution in [3.63, 3.8) is 0 Å². The summed E-state index contributed by atoms with van der Waals surface area (Å²) < 4.78 is 69.4. The zero-order valence-corrected chi connectivity index (χ0v) is 16.5. The van der Waals surface area contributed by atoms with Crippen LogP contribution in [0.3, 0.4) is 0 Å². The molecule has 0 aliphatic carbocycles. The van der Waals surface area contributed by atoms with Gasteiger partial charge in [0.15, 0.2) is 0 Å². The van der Waals surface area contributed by atoms with Crippen LogP contribution in [0.1, 0.15) is 28.4 Å². The number of carboxylic acid groups (broad SMARTS) is 1. The van der Waals surface area contributed by atoms with Crippen molar-refractivity contribution in [3.8, 4) is 5.69 Å². The third-order valence-corrected chi connectivity index (χ3v) is 5.88. The van der Waals surface area contributed by atoms with E-state index in [1.54, 1.807) is 31.5 Å². The van der Waals surface area contributed by atoms with Gasteiger partial charge in [-0.25, -0.2) is 13.2 Å². The summed E-state index contributed by atoms with van der Waals surface area (Å²) in [7, 11) is -4.38. The van der Waals surface area contributed by atoms with Crippen LogP contribution in [0.2, 0.25) is 0 Å². The van der Waals surface area contributed by atoms with E-state index in [0.29, 0.717) is 11.6 Å². The standard InChI is InChI=1S/C20H17F3N2O4S/c1-2-13-5-6-14(19(26)27)11-18(13)30(28,29)24-16-12-15(20(21,22)23)7-8-17(16)25-9-3-4-10-25/h3-12,24H,2H2,1H3,(H,26,27). The average molecular weight is 438 g/mol. The summed E-state index contributed by atoms with van der Waals surface area (Å²) in [5, 5.41) is 9.18. The molecule has 10 heteroatoms. The van der Waals surface area contributed by atoms with Gasteiger partial charge in [0.1, 0.15) is 0 Å². The summed E-state index contributed by atoms with van der Waals surface area (Å²) in [6.45, 7) is 1.68. The first-order chi connectivity index (χ1) is 14.0. The van der Waals surface area contributed by atoms with Crippen LogP contribution in [0.25, 0.3) is 5.69 Å². The third-order valence-electron chi connectivity index (χ3n) is 4.44. The smallest absolute Gasteiger partial charge is 0.416 e. The minimum absolute atomic E-state index is 0.184. The Labute approximate surface area is 170 Å². The van der Waals surface area contributed by atoms with Crippen LogP contribution in [-0.2, 0) is 22.6 Å². The fourth-order valence-corrected chi connectivity index (χ4v) is 4.35. The molecule has 0 radical (unpaired) electrons. The molecule has 0 saturated heterocycles. The topological polar surface area (TPSA) is 88.4 Å². The van der Waals surface area contributed by atoms with Gasteiger partial charge in [0.2, 0.25) is 0 Å². The number of aromatic carboxylic acids is 1. The minimum Gasteiger partial charge on any atom is -0.478 e. The van der Waals surface area contributed by atoms with Crippen LogP contribution >= 0.6 is 0 Å². The van der Waals surface area contributed by atoms with Crippen molar-refractivity contribution in [2.75, 3.05) is 4.72 Å².